The average Bonchev–Trinajstić information content (AvgIpc) is 3.98. The van der Waals surface area contributed by atoms with Gasteiger partial charge >= 0.3 is 6.09 Å². The van der Waals surface area contributed by atoms with Crippen molar-refractivity contribution in [3.05, 3.63) is 75.0 Å². The number of ether oxygens (including phenoxy) is 4. The summed E-state index contributed by atoms with van der Waals surface area (Å²) in [4.78, 5) is 15.7. The first-order chi connectivity index (χ1) is 29.3. The normalized spacial score (nSPS) is 26.7. The number of nitrogens with one attached hydrogen (secondary N) is 2. The molecule has 14 nitrogen and oxygen atoms in total. The average molecular weight is 900 g/mol. The van der Waals surface area contributed by atoms with Gasteiger partial charge in [-0.25, -0.2) is 13.2 Å². The molecule has 62 heavy (non-hydrogen) atoms. The second-order valence-electron chi connectivity index (χ2n) is 19.0. The van der Waals surface area contributed by atoms with E-state index in [9.17, 15) is 33.6 Å². The van der Waals surface area contributed by atoms with Crippen LogP contribution < -0.4 is 15.4 Å². The first-order valence-electron chi connectivity index (χ1n) is 21.9. The third-order valence-corrected chi connectivity index (χ3v) is 16.6. The molecule has 0 bridgehead atoms. The van der Waals surface area contributed by atoms with Crippen molar-refractivity contribution in [1.29, 1.82) is 0 Å². The van der Waals surface area contributed by atoms with E-state index in [0.717, 1.165) is 53.8 Å². The van der Waals surface area contributed by atoms with Crippen LogP contribution in [0, 0.1) is 17.3 Å². The summed E-state index contributed by atoms with van der Waals surface area (Å²) in [6.45, 7) is 10.8. The molecule has 3 aromatic rings. The number of anilines is 1. The van der Waals surface area contributed by atoms with E-state index >= 15 is 0 Å². The highest BCUT2D eigenvalue weighted by Crippen LogP contribution is 2.52. The van der Waals surface area contributed by atoms with Gasteiger partial charge in [0.1, 0.15) is 11.9 Å². The molecular weight excluding hydrogens is 835 g/mol. The Kier molecular flexibility index (Phi) is 14.0. The van der Waals surface area contributed by atoms with Gasteiger partial charge in [0, 0.05) is 46.6 Å². The van der Waals surface area contributed by atoms with Gasteiger partial charge in [0.25, 0.3) is 0 Å². The number of hydrogen-bond acceptors (Lipinski definition) is 13. The van der Waals surface area contributed by atoms with Crippen LogP contribution in [0.3, 0.4) is 0 Å². The molecule has 1 saturated carbocycles. The van der Waals surface area contributed by atoms with E-state index in [2.05, 4.69) is 24.5 Å². The largest absolute Gasteiger partial charge is 0.497 e. The zero-order valence-electron chi connectivity index (χ0n) is 36.8. The van der Waals surface area contributed by atoms with Crippen LogP contribution in [-0.4, -0.2) is 109 Å². The van der Waals surface area contributed by atoms with E-state index in [1.165, 1.54) is 28.4 Å². The van der Waals surface area contributed by atoms with Crippen LogP contribution in [0.15, 0.2) is 53.4 Å². The number of carbonyl (C=O) groups is 1. The zero-order valence-corrected chi connectivity index (χ0v) is 38.4. The number of nitrogens with zero attached hydrogens (tertiary/aromatic N) is 1. The number of rotatable bonds is 17. The van der Waals surface area contributed by atoms with Gasteiger partial charge in [0.15, 0.2) is 12.1 Å². The monoisotopic (exact) mass is 899 g/mol. The maximum Gasteiger partial charge on any atom is 0.407 e. The van der Waals surface area contributed by atoms with Gasteiger partial charge in [0.2, 0.25) is 10.0 Å². The standard InChI is InChI=1S/C46H65N3O11S2/c1-28(2)24-49(62(55,56)32-15-13-31(57-6)14-16-32)25-37(50)36(48-43(53)60-38-26-59-45(5)34(38)18-21-58-45)22-29-9-11-30(12-10-29)47-27-46(54)19-7-8-35(46)41-40(42(51)52)33-23-44(3,4)20-17-39(33)61-41/h9-16,28,34-38,42,47,50-52,54H,7-8,17-27H2,1-6H3,(H,48,53)/t34-,35+,36-,37+,38-,45+,46+/m0/s1. The predicted molar refractivity (Wildman–Crippen MR) is 236 cm³/mol. The zero-order chi connectivity index (χ0) is 44.6. The number of amides is 1. The van der Waals surface area contributed by atoms with Crippen LogP contribution in [0.2, 0.25) is 0 Å². The Labute approximate surface area is 370 Å². The van der Waals surface area contributed by atoms with E-state index in [1.807, 2.05) is 45.0 Å². The number of hydrogen-bond donors (Lipinski definition) is 6. The molecule has 2 aromatic carbocycles. The van der Waals surface area contributed by atoms with E-state index < -0.39 is 52.0 Å². The van der Waals surface area contributed by atoms with Crippen molar-refractivity contribution in [1.82, 2.24) is 9.62 Å². The number of methoxy groups -OCH3 is 1. The molecule has 0 spiro atoms. The lowest BCUT2D eigenvalue weighted by atomic mass is 9.75. The first-order valence-corrected chi connectivity index (χ1v) is 24.2. The van der Waals surface area contributed by atoms with Crippen molar-refractivity contribution < 1.29 is 52.6 Å². The molecule has 6 N–H and O–H groups in total. The summed E-state index contributed by atoms with van der Waals surface area (Å²) >= 11 is 1.63. The molecule has 2 aliphatic carbocycles. The second kappa shape index (κ2) is 18.6. The third-order valence-electron chi connectivity index (χ3n) is 13.3. The Morgan fingerprint density at radius 2 is 1.73 bits per heavy atom. The minimum atomic E-state index is -4.05. The summed E-state index contributed by atoms with van der Waals surface area (Å²) in [5, 5.41) is 51.5. The van der Waals surface area contributed by atoms with Crippen molar-refractivity contribution in [2.45, 2.75) is 133 Å². The number of aryl methyl sites for hydroxylation is 1. The molecule has 4 aliphatic rings. The number of aliphatic hydroxyl groups is 4. The summed E-state index contributed by atoms with van der Waals surface area (Å²) < 4.78 is 52.0. The van der Waals surface area contributed by atoms with Gasteiger partial charge in [-0.2, -0.15) is 4.31 Å². The highest BCUT2D eigenvalue weighted by atomic mass is 32.2. The van der Waals surface area contributed by atoms with E-state index in [1.54, 1.807) is 23.5 Å². The highest BCUT2D eigenvalue weighted by Gasteiger charge is 2.53. The quantitative estimate of drug-likeness (QED) is 0.0885. The van der Waals surface area contributed by atoms with Gasteiger partial charge in [0.05, 0.1) is 48.9 Å². The van der Waals surface area contributed by atoms with Crippen molar-refractivity contribution in [2.24, 2.45) is 17.3 Å². The number of alkyl carbamates (subject to hydrolysis) is 1. The van der Waals surface area contributed by atoms with Gasteiger partial charge in [-0.1, -0.05) is 39.8 Å². The maximum atomic E-state index is 14.0. The van der Waals surface area contributed by atoms with Crippen LogP contribution >= 0.6 is 11.3 Å². The molecule has 3 heterocycles. The number of benzene rings is 2. The molecule has 342 valence electrons. The molecule has 0 unspecified atom stereocenters. The predicted octanol–water partition coefficient (Wildman–Crippen LogP) is 5.86. The van der Waals surface area contributed by atoms with Crippen LogP contribution in [0.4, 0.5) is 10.5 Å². The SMILES string of the molecule is COc1ccc(S(=O)(=O)N(CC(C)C)C[C@@H](O)[C@H](Cc2ccc(NC[C@]3(O)CCC[C@@H]3c3sc4c(c3C(O)O)CC(C)(C)CC4)cc2)NC(=O)O[C@H]2CO[C@@]3(C)OCC[C@@H]23)cc1. The topological polar surface area (TPSA) is 196 Å². The number of fused-ring (bicyclic) bond motifs is 2. The van der Waals surface area contributed by atoms with E-state index in [4.69, 9.17) is 18.9 Å². The van der Waals surface area contributed by atoms with E-state index in [-0.39, 0.29) is 60.7 Å². The fourth-order valence-electron chi connectivity index (χ4n) is 9.84. The minimum absolute atomic E-state index is 0.0554. The fraction of sp³-hybridized carbons (Fsp3) is 0.630. The Morgan fingerprint density at radius 1 is 1.00 bits per heavy atom. The van der Waals surface area contributed by atoms with Crippen LogP contribution in [-0.2, 0) is 43.5 Å². The van der Waals surface area contributed by atoms with Crippen molar-refractivity contribution in [3.63, 3.8) is 0 Å². The van der Waals surface area contributed by atoms with Gasteiger partial charge in [-0.15, -0.1) is 11.3 Å². The Bertz CT molecular complexity index is 2130. The van der Waals surface area contributed by atoms with Crippen LogP contribution in [0.1, 0.15) is 105 Å². The molecule has 7 rings (SSSR count). The molecule has 7 atom stereocenters. The van der Waals surface area contributed by atoms with Crippen LogP contribution in [0.25, 0.3) is 0 Å². The Hall–Kier alpha value is -3.32. The van der Waals surface area contributed by atoms with Crippen molar-refractivity contribution in [3.8, 4) is 5.75 Å². The van der Waals surface area contributed by atoms with Gasteiger partial charge in [-0.3, -0.25) is 0 Å². The number of sulfonamides is 1. The summed E-state index contributed by atoms with van der Waals surface area (Å²) in [6, 6.07) is 12.6. The number of thiophene rings is 1. The maximum absolute atomic E-state index is 14.0. The smallest absolute Gasteiger partial charge is 0.407 e. The third kappa shape index (κ3) is 10.1. The van der Waals surface area contributed by atoms with E-state index in [0.29, 0.717) is 30.8 Å². The summed E-state index contributed by atoms with van der Waals surface area (Å²) in [7, 11) is -2.55. The Balaban J connectivity index is 1.07. The van der Waals surface area contributed by atoms with Crippen molar-refractivity contribution >= 4 is 33.1 Å². The van der Waals surface area contributed by atoms with Crippen LogP contribution in [0.5, 0.6) is 5.75 Å². The molecule has 2 aliphatic heterocycles. The fourth-order valence-corrected chi connectivity index (χ4v) is 13.1. The second-order valence-corrected chi connectivity index (χ2v) is 22.1. The summed E-state index contributed by atoms with van der Waals surface area (Å²) in [5.74, 6) is -0.769. The molecule has 3 fully saturated rings. The molecule has 1 amide bonds. The number of aliphatic hydroxyl groups excluding tert-OH is 2. The molecular formula is C46H65N3O11S2. The molecule has 2 saturated heterocycles. The molecule has 1 aromatic heterocycles. The lowest BCUT2D eigenvalue weighted by Crippen LogP contribution is -2.51. The summed E-state index contributed by atoms with van der Waals surface area (Å²) in [6.07, 6.45) is 1.41. The Morgan fingerprint density at radius 3 is 2.40 bits per heavy atom. The molecule has 16 heteroatoms. The lowest BCUT2D eigenvalue weighted by molar-refractivity contribution is -0.181. The van der Waals surface area contributed by atoms with Gasteiger partial charge < -0.3 is 50.0 Å². The minimum Gasteiger partial charge on any atom is -0.497 e. The van der Waals surface area contributed by atoms with Gasteiger partial charge in [-0.05, 0) is 117 Å². The highest BCUT2D eigenvalue weighted by molar-refractivity contribution is 7.89. The number of carbonyl (C=O) groups excluding carboxylic acids is 1. The molecule has 0 radical (unpaired) electrons. The van der Waals surface area contributed by atoms with Crippen molar-refractivity contribution in [2.75, 3.05) is 45.3 Å². The first kappa shape index (κ1) is 46.7. The summed E-state index contributed by atoms with van der Waals surface area (Å²) in [5.41, 5.74) is 2.09. The lowest BCUT2D eigenvalue weighted by Gasteiger charge is -2.32.